The van der Waals surface area contributed by atoms with Crippen LogP contribution >= 0.6 is 0 Å². The summed E-state index contributed by atoms with van der Waals surface area (Å²) < 4.78 is 0. The molecule has 0 atom stereocenters. The van der Waals surface area contributed by atoms with E-state index in [0.29, 0.717) is 0 Å². The van der Waals surface area contributed by atoms with E-state index in [0.717, 1.165) is 19.3 Å². The molecule has 144 valence electrons. The molecule has 2 saturated carbocycles. The zero-order chi connectivity index (χ0) is 19.3. The minimum atomic E-state index is 0. The maximum Gasteiger partial charge on any atom is 4.00 e. The van der Waals surface area contributed by atoms with Gasteiger partial charge in [0, 0.05) is 0 Å². The molecule has 0 aromatic heterocycles. The van der Waals surface area contributed by atoms with E-state index in [1.165, 1.54) is 43.3 Å². The average molecular weight is 442 g/mol. The van der Waals surface area contributed by atoms with Crippen LogP contribution in [-0.4, -0.2) is 0 Å². The quantitative estimate of drug-likeness (QED) is 0.195. The van der Waals surface area contributed by atoms with E-state index in [1.807, 2.05) is 64.2 Å². The minimum Gasteiger partial charge on any atom is -0.373 e. The molecular formula is C26H38Zr+2. The van der Waals surface area contributed by atoms with E-state index < -0.39 is 0 Å². The van der Waals surface area contributed by atoms with Gasteiger partial charge in [-0.15, -0.1) is 25.7 Å². The van der Waals surface area contributed by atoms with Crippen LogP contribution in [0.5, 0.6) is 0 Å². The van der Waals surface area contributed by atoms with Crippen molar-refractivity contribution in [2.24, 2.45) is 0 Å². The van der Waals surface area contributed by atoms with Crippen molar-refractivity contribution in [2.75, 3.05) is 0 Å². The second-order valence-electron chi connectivity index (χ2n) is 6.15. The molecule has 0 heterocycles. The Morgan fingerprint density at radius 1 is 0.593 bits per heavy atom. The first kappa shape index (κ1) is 29.6. The molecule has 0 bridgehead atoms. The Morgan fingerprint density at radius 3 is 1.37 bits per heavy atom. The van der Waals surface area contributed by atoms with E-state index in [2.05, 4.69) is 39.8 Å². The number of hydrogen-bond donors (Lipinski definition) is 0. The molecule has 0 saturated heterocycles. The first-order valence-corrected chi connectivity index (χ1v) is 10.3. The van der Waals surface area contributed by atoms with Gasteiger partial charge in [-0.3, -0.25) is 0 Å². The van der Waals surface area contributed by atoms with Crippen molar-refractivity contribution in [2.45, 2.75) is 79.1 Å². The summed E-state index contributed by atoms with van der Waals surface area (Å²) in [6.07, 6.45) is 36.6. The van der Waals surface area contributed by atoms with Gasteiger partial charge in [0.25, 0.3) is 0 Å². The fourth-order valence-corrected chi connectivity index (χ4v) is 2.42. The summed E-state index contributed by atoms with van der Waals surface area (Å²) in [7, 11) is 0. The molecule has 0 aromatic carbocycles. The second kappa shape index (κ2) is 24.4. The van der Waals surface area contributed by atoms with Gasteiger partial charge in [0.2, 0.25) is 0 Å². The van der Waals surface area contributed by atoms with Crippen LogP contribution in [0.4, 0.5) is 0 Å². The SMILES string of the molecule is CC[C-]=C(CC)C(=[C-]CCCC)CCCC.[CH]1[CH][CH][CH][CH]1.[CH]1[CH][CH][CH][CH]1.[Zr+4]. The normalized spacial score (nSPS) is 16.7. The zero-order valence-corrected chi connectivity index (χ0v) is 20.4. The molecule has 0 aromatic rings. The van der Waals surface area contributed by atoms with Gasteiger partial charge in [0.15, 0.2) is 0 Å². The Hall–Kier alpha value is 0.363. The Balaban J connectivity index is 0. The average Bonchev–Trinajstić information content (AvgIpc) is 3.41. The summed E-state index contributed by atoms with van der Waals surface area (Å²) in [4.78, 5) is 0. The molecule has 2 aliphatic rings. The first-order chi connectivity index (χ1) is 12.8. The molecule has 0 unspecified atom stereocenters. The summed E-state index contributed by atoms with van der Waals surface area (Å²) in [6.45, 7) is 8.88. The molecule has 0 nitrogen and oxygen atoms in total. The van der Waals surface area contributed by atoms with Gasteiger partial charge in [-0.25, -0.2) is 0 Å². The van der Waals surface area contributed by atoms with E-state index in [4.69, 9.17) is 0 Å². The van der Waals surface area contributed by atoms with Gasteiger partial charge in [-0.2, -0.15) is 0 Å². The standard InChI is InChI=1S/C16H28.2C5H5.Zr/c1-5-9-11-14-16(13-10-6-2)15(8-4)12-7-3;2*1-2-4-5-3-1;/h5-11,13H2,1-4H3;2*1-5H;/q-2;;;+4. The first-order valence-electron chi connectivity index (χ1n) is 10.3. The van der Waals surface area contributed by atoms with Gasteiger partial charge in [0.05, 0.1) is 0 Å². The monoisotopic (exact) mass is 440 g/mol. The second-order valence-corrected chi connectivity index (χ2v) is 6.15. The zero-order valence-electron chi connectivity index (χ0n) is 17.9. The predicted molar refractivity (Wildman–Crippen MR) is 116 cm³/mol. The van der Waals surface area contributed by atoms with E-state index >= 15 is 0 Å². The molecule has 0 aliphatic heterocycles. The smallest absolute Gasteiger partial charge is 0.373 e. The van der Waals surface area contributed by atoms with Crippen molar-refractivity contribution in [1.29, 1.82) is 0 Å². The van der Waals surface area contributed by atoms with Crippen LogP contribution in [0.3, 0.4) is 0 Å². The maximum absolute atomic E-state index is 3.61. The molecule has 2 rings (SSSR count). The Labute approximate surface area is 192 Å². The van der Waals surface area contributed by atoms with Crippen molar-refractivity contribution in [1.82, 2.24) is 0 Å². The molecule has 0 spiro atoms. The molecule has 1 heteroatoms. The Bertz CT molecular complexity index is 307. The molecule has 10 radical (unpaired) electrons. The van der Waals surface area contributed by atoms with Crippen molar-refractivity contribution in [3.63, 3.8) is 0 Å². The fraction of sp³-hybridized carbons (Fsp3) is 0.462. The van der Waals surface area contributed by atoms with Crippen molar-refractivity contribution in [3.8, 4) is 0 Å². The topological polar surface area (TPSA) is 0 Å². The Kier molecular flexibility index (Phi) is 26.7. The third-order valence-electron chi connectivity index (χ3n) is 3.87. The van der Waals surface area contributed by atoms with Gasteiger partial charge in [0.1, 0.15) is 0 Å². The summed E-state index contributed by atoms with van der Waals surface area (Å²) in [6, 6.07) is 0. The van der Waals surface area contributed by atoms with E-state index in [9.17, 15) is 0 Å². The van der Waals surface area contributed by atoms with Gasteiger partial charge in [-0.1, -0.05) is 53.4 Å². The molecule has 0 N–H and O–H groups in total. The van der Waals surface area contributed by atoms with Crippen LogP contribution in [0, 0.1) is 76.4 Å². The predicted octanol–water partition coefficient (Wildman–Crippen LogP) is 7.69. The summed E-state index contributed by atoms with van der Waals surface area (Å²) >= 11 is 0. The largest absolute Gasteiger partial charge is 4.00 e. The summed E-state index contributed by atoms with van der Waals surface area (Å²) in [5.41, 5.74) is 2.85. The van der Waals surface area contributed by atoms with Crippen LogP contribution in [0.1, 0.15) is 79.1 Å². The van der Waals surface area contributed by atoms with E-state index in [1.54, 1.807) is 0 Å². The Morgan fingerprint density at radius 2 is 1.04 bits per heavy atom. The summed E-state index contributed by atoms with van der Waals surface area (Å²) in [5, 5.41) is 0. The van der Waals surface area contributed by atoms with Gasteiger partial charge >= 0.3 is 26.2 Å². The third-order valence-corrected chi connectivity index (χ3v) is 3.87. The minimum absolute atomic E-state index is 0. The van der Waals surface area contributed by atoms with Crippen LogP contribution < -0.4 is 0 Å². The van der Waals surface area contributed by atoms with Crippen molar-refractivity contribution in [3.05, 3.63) is 87.5 Å². The van der Waals surface area contributed by atoms with Crippen LogP contribution in [0.15, 0.2) is 11.1 Å². The van der Waals surface area contributed by atoms with Crippen LogP contribution in [0.2, 0.25) is 0 Å². The molecule has 27 heavy (non-hydrogen) atoms. The third kappa shape index (κ3) is 19.5. The summed E-state index contributed by atoms with van der Waals surface area (Å²) in [5.74, 6) is 0. The van der Waals surface area contributed by atoms with Crippen LogP contribution in [0.25, 0.3) is 0 Å². The van der Waals surface area contributed by atoms with Gasteiger partial charge < -0.3 is 23.3 Å². The number of rotatable bonds is 9. The van der Waals surface area contributed by atoms with Gasteiger partial charge in [-0.05, 0) is 64.2 Å². The molecule has 0 amide bonds. The van der Waals surface area contributed by atoms with Crippen molar-refractivity contribution < 1.29 is 26.2 Å². The maximum atomic E-state index is 3.61. The van der Waals surface area contributed by atoms with Crippen molar-refractivity contribution >= 4 is 0 Å². The molecular weight excluding hydrogens is 404 g/mol. The number of hydrogen-bond acceptors (Lipinski definition) is 0. The molecule has 2 aliphatic carbocycles. The number of unbranched alkanes of at least 4 members (excludes halogenated alkanes) is 3. The van der Waals surface area contributed by atoms with E-state index in [-0.39, 0.29) is 26.2 Å². The van der Waals surface area contributed by atoms with Crippen LogP contribution in [-0.2, 0) is 26.2 Å². The number of allylic oxidation sites excluding steroid dienone is 4. The molecule has 2 fully saturated rings. The fourth-order valence-electron chi connectivity index (χ4n) is 2.42.